The van der Waals surface area contributed by atoms with Crippen LogP contribution < -0.4 is 0 Å². The Bertz CT molecular complexity index is 104. The Morgan fingerprint density at radius 1 is 1.70 bits per heavy atom. The van der Waals surface area contributed by atoms with Crippen molar-refractivity contribution < 1.29 is 9.47 Å². The highest BCUT2D eigenvalue weighted by molar-refractivity contribution is 9.24. The molecule has 10 heavy (non-hydrogen) atoms. The molecule has 0 radical (unpaired) electrons. The van der Waals surface area contributed by atoms with Crippen LogP contribution in [0.1, 0.15) is 6.92 Å². The van der Waals surface area contributed by atoms with Crippen molar-refractivity contribution in [2.45, 2.75) is 22.9 Å². The number of rotatable bonds is 4. The zero-order valence-electron chi connectivity index (χ0n) is 5.72. The van der Waals surface area contributed by atoms with Gasteiger partial charge in [-0.05, 0) is 6.92 Å². The minimum atomic E-state index is 0.198. The van der Waals surface area contributed by atoms with Crippen LogP contribution in [-0.4, -0.2) is 29.2 Å². The predicted molar refractivity (Wildman–Crippen MR) is 46.8 cm³/mol. The van der Waals surface area contributed by atoms with E-state index in [0.29, 0.717) is 6.10 Å². The predicted octanol–water partition coefficient (Wildman–Crippen LogP) is 1.91. The molecule has 2 unspecified atom stereocenters. The van der Waals surface area contributed by atoms with Gasteiger partial charge in [0.2, 0.25) is 0 Å². The maximum absolute atomic E-state index is 5.41. The first kappa shape index (κ1) is 8.97. The average Bonchev–Trinajstić information content (AvgIpc) is 2.64. The molecule has 0 amide bonds. The normalized spacial score (nSPS) is 27.0. The van der Waals surface area contributed by atoms with Gasteiger partial charge in [-0.15, -0.1) is 0 Å². The molecule has 1 fully saturated rings. The third-order valence-corrected chi connectivity index (χ3v) is 2.79. The highest BCUT2D eigenvalue weighted by Crippen LogP contribution is 2.17. The lowest BCUT2D eigenvalue weighted by Crippen LogP contribution is -2.18. The monoisotopic (exact) mass is 272 g/mol. The molecular weight excluding hydrogens is 264 g/mol. The Morgan fingerprint density at radius 2 is 2.30 bits per heavy atom. The van der Waals surface area contributed by atoms with Crippen LogP contribution in [0.5, 0.6) is 0 Å². The second-order valence-electron chi connectivity index (χ2n) is 2.33. The molecule has 1 rings (SSSR count). The summed E-state index contributed by atoms with van der Waals surface area (Å²) >= 11 is 6.72. The van der Waals surface area contributed by atoms with E-state index in [9.17, 15) is 0 Å². The van der Waals surface area contributed by atoms with Gasteiger partial charge >= 0.3 is 0 Å². The zero-order chi connectivity index (χ0) is 7.56. The summed E-state index contributed by atoms with van der Waals surface area (Å²) < 4.78 is 10.6. The van der Waals surface area contributed by atoms with E-state index in [0.717, 1.165) is 13.2 Å². The summed E-state index contributed by atoms with van der Waals surface area (Å²) in [5.74, 6) is 0. The molecule has 0 aromatic rings. The van der Waals surface area contributed by atoms with Crippen LogP contribution in [-0.2, 0) is 9.47 Å². The first-order valence-corrected chi connectivity index (χ1v) is 5.04. The summed E-state index contributed by atoms with van der Waals surface area (Å²) in [6.07, 6.45) is 0.561. The van der Waals surface area contributed by atoms with Crippen LogP contribution in [0, 0.1) is 0 Å². The summed E-state index contributed by atoms with van der Waals surface area (Å²) in [7, 11) is 0. The first-order chi connectivity index (χ1) is 4.70. The van der Waals surface area contributed by atoms with E-state index in [4.69, 9.17) is 9.47 Å². The highest BCUT2D eigenvalue weighted by Gasteiger charge is 2.24. The SMILES string of the molecule is CC(OCC1CO1)C(Br)Br. The number of halogens is 2. The van der Waals surface area contributed by atoms with Gasteiger partial charge in [-0.3, -0.25) is 0 Å². The van der Waals surface area contributed by atoms with E-state index in [1.807, 2.05) is 6.92 Å². The fourth-order valence-corrected chi connectivity index (χ4v) is 0.801. The van der Waals surface area contributed by atoms with Gasteiger partial charge in [0, 0.05) is 0 Å². The van der Waals surface area contributed by atoms with Gasteiger partial charge in [0.1, 0.15) is 6.10 Å². The summed E-state index contributed by atoms with van der Waals surface area (Å²) in [4.78, 5) is 0. The lowest BCUT2D eigenvalue weighted by atomic mass is 10.4. The second kappa shape index (κ2) is 4.04. The number of ether oxygens (including phenoxy) is 2. The van der Waals surface area contributed by atoms with Gasteiger partial charge in [0.25, 0.3) is 0 Å². The Morgan fingerprint density at radius 3 is 2.70 bits per heavy atom. The van der Waals surface area contributed by atoms with Crippen LogP contribution in [0.25, 0.3) is 0 Å². The maximum Gasteiger partial charge on any atom is 0.104 e. The standard InChI is InChI=1S/C6H10Br2O2/c1-4(6(7)8)9-2-5-3-10-5/h4-6H,2-3H2,1H3. The molecule has 1 heterocycles. The third-order valence-electron chi connectivity index (χ3n) is 1.30. The molecule has 0 aromatic carbocycles. The number of hydrogen-bond donors (Lipinski definition) is 0. The molecule has 0 aliphatic carbocycles. The van der Waals surface area contributed by atoms with Crippen LogP contribution in [0.3, 0.4) is 0 Å². The van der Waals surface area contributed by atoms with E-state index < -0.39 is 0 Å². The molecular formula is C6H10Br2O2. The number of epoxide rings is 1. The topological polar surface area (TPSA) is 21.8 Å². The van der Waals surface area contributed by atoms with Crippen molar-refractivity contribution in [3.63, 3.8) is 0 Å². The fraction of sp³-hybridized carbons (Fsp3) is 1.00. The Hall–Kier alpha value is 0.880. The van der Waals surface area contributed by atoms with E-state index in [2.05, 4.69) is 31.9 Å². The molecule has 1 aliphatic rings. The Balaban J connectivity index is 1.99. The fourth-order valence-electron chi connectivity index (χ4n) is 0.496. The molecule has 4 heteroatoms. The van der Waals surface area contributed by atoms with Gasteiger partial charge < -0.3 is 9.47 Å². The number of hydrogen-bond acceptors (Lipinski definition) is 2. The maximum atomic E-state index is 5.41. The second-order valence-corrected chi connectivity index (χ2v) is 5.53. The Labute approximate surface area is 77.5 Å². The van der Waals surface area contributed by atoms with Crippen molar-refractivity contribution in [1.29, 1.82) is 0 Å². The zero-order valence-corrected chi connectivity index (χ0v) is 8.89. The molecule has 2 nitrogen and oxygen atoms in total. The van der Waals surface area contributed by atoms with Gasteiger partial charge in [0.15, 0.2) is 0 Å². The third kappa shape index (κ3) is 3.32. The molecule has 0 saturated carbocycles. The van der Waals surface area contributed by atoms with Crippen LogP contribution >= 0.6 is 31.9 Å². The van der Waals surface area contributed by atoms with E-state index in [1.165, 1.54) is 0 Å². The molecule has 2 atom stereocenters. The summed E-state index contributed by atoms with van der Waals surface area (Å²) in [5.41, 5.74) is 0. The Kier molecular flexibility index (Phi) is 3.63. The molecule has 1 saturated heterocycles. The minimum absolute atomic E-state index is 0.198. The molecule has 1 aliphatic heterocycles. The van der Waals surface area contributed by atoms with Gasteiger partial charge in [-0.25, -0.2) is 0 Å². The summed E-state index contributed by atoms with van der Waals surface area (Å²) in [6, 6.07) is 0. The van der Waals surface area contributed by atoms with Crippen molar-refractivity contribution in [1.82, 2.24) is 0 Å². The molecule has 0 aromatic heterocycles. The summed E-state index contributed by atoms with van der Waals surface area (Å²) in [6.45, 7) is 3.59. The number of alkyl halides is 2. The van der Waals surface area contributed by atoms with Crippen LogP contribution in [0.4, 0.5) is 0 Å². The van der Waals surface area contributed by atoms with Gasteiger partial charge in [-0.2, -0.15) is 0 Å². The van der Waals surface area contributed by atoms with Gasteiger partial charge in [0.05, 0.1) is 23.1 Å². The van der Waals surface area contributed by atoms with Crippen LogP contribution in [0.15, 0.2) is 0 Å². The minimum Gasteiger partial charge on any atom is -0.374 e. The quantitative estimate of drug-likeness (QED) is 0.577. The van der Waals surface area contributed by atoms with E-state index >= 15 is 0 Å². The van der Waals surface area contributed by atoms with Crippen molar-refractivity contribution in [2.75, 3.05) is 13.2 Å². The average molecular weight is 274 g/mol. The summed E-state index contributed by atoms with van der Waals surface area (Å²) in [5, 5.41) is 0. The van der Waals surface area contributed by atoms with Crippen LogP contribution in [0.2, 0.25) is 0 Å². The molecule has 0 spiro atoms. The largest absolute Gasteiger partial charge is 0.374 e. The smallest absolute Gasteiger partial charge is 0.104 e. The lowest BCUT2D eigenvalue weighted by Gasteiger charge is -2.12. The molecule has 0 bridgehead atoms. The molecule has 0 N–H and O–H groups in total. The van der Waals surface area contributed by atoms with E-state index in [1.54, 1.807) is 0 Å². The van der Waals surface area contributed by atoms with E-state index in [-0.39, 0.29) is 9.84 Å². The lowest BCUT2D eigenvalue weighted by molar-refractivity contribution is 0.0663. The van der Waals surface area contributed by atoms with Crippen molar-refractivity contribution in [2.24, 2.45) is 0 Å². The van der Waals surface area contributed by atoms with Crippen molar-refractivity contribution >= 4 is 31.9 Å². The van der Waals surface area contributed by atoms with Crippen molar-refractivity contribution in [3.05, 3.63) is 0 Å². The molecule has 60 valence electrons. The van der Waals surface area contributed by atoms with Crippen molar-refractivity contribution in [3.8, 4) is 0 Å². The highest BCUT2D eigenvalue weighted by atomic mass is 79.9. The first-order valence-electron chi connectivity index (χ1n) is 3.21. The van der Waals surface area contributed by atoms with Gasteiger partial charge in [-0.1, -0.05) is 31.9 Å².